The number of nitrogens with two attached hydrogens (primary N) is 1. The first-order valence-corrected chi connectivity index (χ1v) is 6.01. The zero-order valence-electron chi connectivity index (χ0n) is 9.69. The highest BCUT2D eigenvalue weighted by Gasteiger charge is 2.30. The van der Waals surface area contributed by atoms with Crippen LogP contribution in [0, 0.1) is 0 Å². The third kappa shape index (κ3) is 2.00. The summed E-state index contributed by atoms with van der Waals surface area (Å²) < 4.78 is 11.1. The van der Waals surface area contributed by atoms with E-state index in [1.807, 2.05) is 12.1 Å². The van der Waals surface area contributed by atoms with Crippen molar-refractivity contribution < 1.29 is 9.15 Å². The van der Waals surface area contributed by atoms with Crippen LogP contribution in [-0.2, 0) is 0 Å². The minimum atomic E-state index is -0.173. The largest absolute Gasteiger partial charge is 0.475 e. The van der Waals surface area contributed by atoms with E-state index < -0.39 is 0 Å². The van der Waals surface area contributed by atoms with Crippen LogP contribution in [0.25, 0.3) is 11.0 Å². The summed E-state index contributed by atoms with van der Waals surface area (Å²) in [5.41, 5.74) is 6.88. The zero-order valence-corrected chi connectivity index (χ0v) is 9.69. The third-order valence-corrected chi connectivity index (χ3v) is 3.44. The Bertz CT molecular complexity index is 515. The summed E-state index contributed by atoms with van der Waals surface area (Å²) >= 11 is 0. The molecule has 1 aliphatic rings. The van der Waals surface area contributed by atoms with Gasteiger partial charge in [-0.1, -0.05) is 12.8 Å². The topological polar surface area (TPSA) is 61.3 Å². The van der Waals surface area contributed by atoms with E-state index >= 15 is 0 Å². The molecule has 0 saturated heterocycles. The van der Waals surface area contributed by atoms with Gasteiger partial charge in [-0.3, -0.25) is 0 Å². The van der Waals surface area contributed by atoms with Crippen molar-refractivity contribution in [1.82, 2.24) is 4.98 Å². The molecule has 3 rings (SSSR count). The van der Waals surface area contributed by atoms with Crippen molar-refractivity contribution in [2.45, 2.75) is 31.2 Å². The summed E-state index contributed by atoms with van der Waals surface area (Å²) in [6.45, 7) is 0.532. The van der Waals surface area contributed by atoms with Crippen molar-refractivity contribution in [2.24, 2.45) is 5.73 Å². The van der Waals surface area contributed by atoms with Crippen molar-refractivity contribution in [2.75, 3.05) is 6.61 Å². The summed E-state index contributed by atoms with van der Waals surface area (Å²) in [5, 5.41) is 0.911. The molecule has 4 nitrogen and oxygen atoms in total. The van der Waals surface area contributed by atoms with E-state index in [1.54, 1.807) is 12.5 Å². The number of hydrogen-bond donors (Lipinski definition) is 1. The van der Waals surface area contributed by atoms with Crippen LogP contribution in [0.5, 0.6) is 5.88 Å². The van der Waals surface area contributed by atoms with Crippen molar-refractivity contribution in [1.29, 1.82) is 0 Å². The summed E-state index contributed by atoms with van der Waals surface area (Å²) in [6, 6.07) is 3.70. The summed E-state index contributed by atoms with van der Waals surface area (Å²) in [6.07, 6.45) is 7.81. The third-order valence-electron chi connectivity index (χ3n) is 3.44. The molecule has 90 valence electrons. The fourth-order valence-corrected chi connectivity index (χ4v) is 2.42. The first-order chi connectivity index (χ1) is 8.27. The predicted octanol–water partition coefficient (Wildman–Crippen LogP) is 2.48. The summed E-state index contributed by atoms with van der Waals surface area (Å²) in [5.74, 6) is 0.618. The van der Waals surface area contributed by atoms with Crippen LogP contribution in [0.3, 0.4) is 0 Å². The van der Waals surface area contributed by atoms with E-state index in [1.165, 1.54) is 12.8 Å². The van der Waals surface area contributed by atoms with Gasteiger partial charge in [-0.15, -0.1) is 0 Å². The Kier molecular flexibility index (Phi) is 2.52. The number of aromatic nitrogens is 1. The molecule has 4 heteroatoms. The van der Waals surface area contributed by atoms with Crippen LogP contribution >= 0.6 is 0 Å². The molecule has 2 aromatic rings. The van der Waals surface area contributed by atoms with Crippen LogP contribution in [0.15, 0.2) is 29.0 Å². The number of rotatable bonds is 3. The van der Waals surface area contributed by atoms with E-state index in [9.17, 15) is 0 Å². The summed E-state index contributed by atoms with van der Waals surface area (Å²) in [7, 11) is 0. The molecule has 0 unspecified atom stereocenters. The molecule has 17 heavy (non-hydrogen) atoms. The van der Waals surface area contributed by atoms with Crippen LogP contribution in [0.1, 0.15) is 25.7 Å². The first-order valence-electron chi connectivity index (χ1n) is 6.01. The fraction of sp³-hybridized carbons (Fsp3) is 0.462. The second-order valence-electron chi connectivity index (χ2n) is 4.81. The van der Waals surface area contributed by atoms with Gasteiger partial charge in [0.25, 0.3) is 0 Å². The SMILES string of the molecule is NC1(COc2nccc3occc23)CCCC1. The van der Waals surface area contributed by atoms with Gasteiger partial charge in [-0.25, -0.2) is 4.98 Å². The van der Waals surface area contributed by atoms with Gasteiger partial charge < -0.3 is 14.9 Å². The monoisotopic (exact) mass is 232 g/mol. The Morgan fingerprint density at radius 1 is 1.35 bits per heavy atom. The van der Waals surface area contributed by atoms with Gasteiger partial charge in [0, 0.05) is 6.20 Å². The molecule has 0 aliphatic heterocycles. The van der Waals surface area contributed by atoms with E-state index in [0.717, 1.165) is 23.8 Å². The molecule has 0 amide bonds. The smallest absolute Gasteiger partial charge is 0.224 e. The zero-order chi connectivity index (χ0) is 11.7. The molecule has 0 bridgehead atoms. The highest BCUT2D eigenvalue weighted by molar-refractivity contribution is 5.81. The van der Waals surface area contributed by atoms with E-state index in [-0.39, 0.29) is 5.54 Å². The highest BCUT2D eigenvalue weighted by Crippen LogP contribution is 2.29. The van der Waals surface area contributed by atoms with Crippen molar-refractivity contribution in [3.63, 3.8) is 0 Å². The van der Waals surface area contributed by atoms with Crippen LogP contribution in [0.4, 0.5) is 0 Å². The van der Waals surface area contributed by atoms with Crippen LogP contribution < -0.4 is 10.5 Å². The first kappa shape index (κ1) is 10.6. The second kappa shape index (κ2) is 4.04. The minimum absolute atomic E-state index is 0.173. The molecular weight excluding hydrogens is 216 g/mol. The molecule has 0 radical (unpaired) electrons. The van der Waals surface area contributed by atoms with E-state index in [2.05, 4.69) is 4.98 Å². The molecule has 2 aromatic heterocycles. The van der Waals surface area contributed by atoms with Crippen LogP contribution in [0.2, 0.25) is 0 Å². The predicted molar refractivity (Wildman–Crippen MR) is 64.9 cm³/mol. The standard InChI is InChI=1S/C13H16N2O2/c14-13(5-1-2-6-13)9-17-12-10-4-8-16-11(10)3-7-15-12/h3-4,7-8H,1-2,5-6,9,14H2. The molecule has 2 N–H and O–H groups in total. The van der Waals surface area contributed by atoms with Crippen molar-refractivity contribution in [3.8, 4) is 5.88 Å². The van der Waals surface area contributed by atoms with Gasteiger partial charge in [0.2, 0.25) is 5.88 Å². The Labute approximate surface area is 99.8 Å². The molecule has 1 fully saturated rings. The molecule has 0 aromatic carbocycles. The lowest BCUT2D eigenvalue weighted by molar-refractivity contribution is 0.216. The Morgan fingerprint density at radius 3 is 3.00 bits per heavy atom. The Balaban J connectivity index is 1.78. The van der Waals surface area contributed by atoms with E-state index in [0.29, 0.717) is 12.5 Å². The highest BCUT2D eigenvalue weighted by atomic mass is 16.5. The number of fused-ring (bicyclic) bond motifs is 1. The van der Waals surface area contributed by atoms with Gasteiger partial charge >= 0.3 is 0 Å². The van der Waals surface area contributed by atoms with Gasteiger partial charge in [-0.05, 0) is 25.0 Å². The molecule has 0 spiro atoms. The number of furan rings is 1. The maximum absolute atomic E-state index is 6.25. The Morgan fingerprint density at radius 2 is 2.18 bits per heavy atom. The normalized spacial score (nSPS) is 18.6. The maximum Gasteiger partial charge on any atom is 0.224 e. The number of nitrogens with zero attached hydrogens (tertiary/aromatic N) is 1. The average Bonchev–Trinajstić information content (AvgIpc) is 2.95. The quantitative estimate of drug-likeness (QED) is 0.883. The minimum Gasteiger partial charge on any atom is -0.475 e. The van der Waals surface area contributed by atoms with Gasteiger partial charge in [-0.2, -0.15) is 0 Å². The van der Waals surface area contributed by atoms with Crippen LogP contribution in [-0.4, -0.2) is 17.1 Å². The second-order valence-corrected chi connectivity index (χ2v) is 4.81. The van der Waals surface area contributed by atoms with Crippen molar-refractivity contribution >= 4 is 11.0 Å². The lowest BCUT2D eigenvalue weighted by Gasteiger charge is -2.23. The van der Waals surface area contributed by atoms with Crippen molar-refractivity contribution in [3.05, 3.63) is 24.6 Å². The Hall–Kier alpha value is -1.55. The van der Waals surface area contributed by atoms with E-state index in [4.69, 9.17) is 14.9 Å². The van der Waals surface area contributed by atoms with Gasteiger partial charge in [0.1, 0.15) is 12.2 Å². The van der Waals surface area contributed by atoms with Gasteiger partial charge in [0.15, 0.2) is 0 Å². The molecule has 0 atom stereocenters. The molecule has 1 aliphatic carbocycles. The summed E-state index contributed by atoms with van der Waals surface area (Å²) in [4.78, 5) is 4.23. The number of pyridine rings is 1. The lowest BCUT2D eigenvalue weighted by atomic mass is 10.0. The molecular formula is C13H16N2O2. The maximum atomic E-state index is 6.25. The molecule has 2 heterocycles. The van der Waals surface area contributed by atoms with Gasteiger partial charge in [0.05, 0.1) is 17.2 Å². The lowest BCUT2D eigenvalue weighted by Crippen LogP contribution is -2.42. The fourth-order valence-electron chi connectivity index (χ4n) is 2.42. The number of hydrogen-bond acceptors (Lipinski definition) is 4. The number of ether oxygens (including phenoxy) is 1. The average molecular weight is 232 g/mol. The molecule has 1 saturated carbocycles.